The minimum atomic E-state index is -4.31. The number of halogens is 3. The highest BCUT2D eigenvalue weighted by atomic mass is 19.4. The Kier molecular flexibility index (Phi) is 8.21. The van der Waals surface area contributed by atoms with E-state index in [4.69, 9.17) is 10.5 Å². The number of guanidine groups is 1. The van der Waals surface area contributed by atoms with Crippen molar-refractivity contribution in [3.8, 4) is 5.75 Å². The monoisotopic (exact) mass is 449 g/mol. The van der Waals surface area contributed by atoms with Crippen molar-refractivity contribution in [3.05, 3.63) is 54.1 Å². The van der Waals surface area contributed by atoms with Gasteiger partial charge in [-0.2, -0.15) is 13.2 Å². The average Bonchev–Trinajstić information content (AvgIpc) is 2.79. The second-order valence-electron chi connectivity index (χ2n) is 7.71. The van der Waals surface area contributed by atoms with Crippen molar-refractivity contribution in [2.24, 2.45) is 10.7 Å². The molecule has 0 atom stereocenters. The summed E-state index contributed by atoms with van der Waals surface area (Å²) >= 11 is 0. The van der Waals surface area contributed by atoms with Crippen LogP contribution in [0.2, 0.25) is 0 Å². The molecule has 2 aromatic rings. The molecule has 3 rings (SSSR count). The third kappa shape index (κ3) is 7.05. The number of nitrogens with zero attached hydrogens (tertiary/aromatic N) is 3. The SMILES string of the molecule is COc1cccc(NC(N)=NCCCCN2CCN(c3cccc(C(F)(F)F)c3)CC2)c1. The standard InChI is InChI=1S/C23H30F3N5O/c1-32-21-9-5-7-19(17-21)29-22(27)28-10-2-3-11-30-12-14-31(15-13-30)20-8-4-6-18(16-20)23(24,25)26/h4-9,16-17H,2-3,10-15H2,1H3,(H3,27,28,29). The van der Waals surface area contributed by atoms with Gasteiger partial charge in [-0.05, 0) is 49.7 Å². The number of methoxy groups -OCH3 is 1. The highest BCUT2D eigenvalue weighted by Gasteiger charge is 2.31. The molecule has 2 aromatic carbocycles. The first-order chi connectivity index (χ1) is 15.3. The number of nitrogens with two attached hydrogens (primary N) is 1. The van der Waals surface area contributed by atoms with Crippen LogP contribution >= 0.6 is 0 Å². The fourth-order valence-electron chi connectivity index (χ4n) is 3.64. The average molecular weight is 450 g/mol. The summed E-state index contributed by atoms with van der Waals surface area (Å²) in [5.74, 6) is 1.11. The van der Waals surface area contributed by atoms with Crippen molar-refractivity contribution in [2.45, 2.75) is 19.0 Å². The van der Waals surface area contributed by atoms with Crippen LogP contribution in [-0.4, -0.2) is 57.2 Å². The quantitative estimate of drug-likeness (QED) is 0.362. The molecule has 1 saturated heterocycles. The van der Waals surface area contributed by atoms with E-state index in [0.29, 0.717) is 18.2 Å². The molecule has 0 bridgehead atoms. The number of nitrogens with one attached hydrogen (secondary N) is 1. The van der Waals surface area contributed by atoms with Gasteiger partial charge in [0.2, 0.25) is 0 Å². The van der Waals surface area contributed by atoms with Crippen LogP contribution in [0.5, 0.6) is 5.75 Å². The summed E-state index contributed by atoms with van der Waals surface area (Å²) < 4.78 is 44.0. The summed E-state index contributed by atoms with van der Waals surface area (Å²) in [6.45, 7) is 4.67. The number of unbranched alkanes of at least 4 members (excludes halogenated alkanes) is 1. The van der Waals surface area contributed by atoms with Gasteiger partial charge in [-0.3, -0.25) is 9.89 Å². The first kappa shape index (κ1) is 23.7. The molecule has 1 aliphatic heterocycles. The number of anilines is 2. The van der Waals surface area contributed by atoms with E-state index in [1.54, 1.807) is 13.2 Å². The van der Waals surface area contributed by atoms with Gasteiger partial charge in [-0.1, -0.05) is 12.1 Å². The van der Waals surface area contributed by atoms with E-state index in [2.05, 4.69) is 15.2 Å². The van der Waals surface area contributed by atoms with Gasteiger partial charge < -0.3 is 20.7 Å². The van der Waals surface area contributed by atoms with Crippen LogP contribution in [0.3, 0.4) is 0 Å². The van der Waals surface area contributed by atoms with Crippen molar-refractivity contribution < 1.29 is 17.9 Å². The van der Waals surface area contributed by atoms with Crippen LogP contribution in [0.4, 0.5) is 24.5 Å². The fourth-order valence-corrected chi connectivity index (χ4v) is 3.64. The van der Waals surface area contributed by atoms with Crippen LogP contribution in [0.1, 0.15) is 18.4 Å². The molecule has 1 fully saturated rings. The molecule has 0 aliphatic carbocycles. The van der Waals surface area contributed by atoms with Crippen LogP contribution < -0.4 is 20.7 Å². The molecular formula is C23H30F3N5O. The lowest BCUT2D eigenvalue weighted by Gasteiger charge is -2.36. The van der Waals surface area contributed by atoms with E-state index in [1.807, 2.05) is 29.2 Å². The van der Waals surface area contributed by atoms with Gasteiger partial charge >= 0.3 is 6.18 Å². The van der Waals surface area contributed by atoms with Gasteiger partial charge in [0.15, 0.2) is 5.96 Å². The number of hydrogen-bond donors (Lipinski definition) is 2. The summed E-state index contributed by atoms with van der Waals surface area (Å²) in [5.41, 5.74) is 6.80. The lowest BCUT2D eigenvalue weighted by atomic mass is 10.1. The molecule has 9 heteroatoms. The number of rotatable bonds is 8. The molecule has 0 radical (unpaired) electrons. The summed E-state index contributed by atoms with van der Waals surface area (Å²) in [6.07, 6.45) is -2.42. The molecule has 174 valence electrons. The Balaban J connectivity index is 1.35. The zero-order chi connectivity index (χ0) is 23.0. The number of aliphatic imine (C=N–C) groups is 1. The number of alkyl halides is 3. The third-order valence-corrected chi connectivity index (χ3v) is 5.42. The number of hydrogen-bond acceptors (Lipinski definition) is 4. The van der Waals surface area contributed by atoms with E-state index >= 15 is 0 Å². The van der Waals surface area contributed by atoms with Gasteiger partial charge in [0.1, 0.15) is 5.75 Å². The lowest BCUT2D eigenvalue weighted by Crippen LogP contribution is -2.46. The Morgan fingerprint density at radius 1 is 1.06 bits per heavy atom. The summed E-state index contributed by atoms with van der Waals surface area (Å²) in [6, 6.07) is 13.0. The van der Waals surface area contributed by atoms with Crippen molar-refractivity contribution in [2.75, 3.05) is 56.6 Å². The maximum absolute atomic E-state index is 12.9. The molecule has 3 N–H and O–H groups in total. The van der Waals surface area contributed by atoms with E-state index in [0.717, 1.165) is 63.1 Å². The van der Waals surface area contributed by atoms with Crippen LogP contribution in [0, 0.1) is 0 Å². The molecule has 0 unspecified atom stereocenters. The Hall–Kier alpha value is -2.94. The zero-order valence-electron chi connectivity index (χ0n) is 18.2. The maximum Gasteiger partial charge on any atom is 0.416 e. The number of piperazine rings is 1. The summed E-state index contributed by atoms with van der Waals surface area (Å²) in [7, 11) is 1.61. The predicted octanol–water partition coefficient (Wildman–Crippen LogP) is 4.04. The zero-order valence-corrected chi connectivity index (χ0v) is 18.2. The lowest BCUT2D eigenvalue weighted by molar-refractivity contribution is -0.137. The van der Waals surface area contributed by atoms with Crippen molar-refractivity contribution >= 4 is 17.3 Å². The smallest absolute Gasteiger partial charge is 0.416 e. The summed E-state index contributed by atoms with van der Waals surface area (Å²) in [5, 5.41) is 3.05. The Morgan fingerprint density at radius 3 is 2.53 bits per heavy atom. The van der Waals surface area contributed by atoms with Crippen molar-refractivity contribution in [1.82, 2.24) is 4.90 Å². The van der Waals surface area contributed by atoms with Crippen LogP contribution in [0.15, 0.2) is 53.5 Å². The van der Waals surface area contributed by atoms with Gasteiger partial charge in [0.25, 0.3) is 0 Å². The largest absolute Gasteiger partial charge is 0.497 e. The molecule has 6 nitrogen and oxygen atoms in total. The molecule has 32 heavy (non-hydrogen) atoms. The van der Waals surface area contributed by atoms with Crippen LogP contribution in [-0.2, 0) is 6.18 Å². The van der Waals surface area contributed by atoms with Crippen molar-refractivity contribution in [1.29, 1.82) is 0 Å². The van der Waals surface area contributed by atoms with E-state index < -0.39 is 11.7 Å². The molecule has 1 heterocycles. The Labute approximate surface area is 186 Å². The van der Waals surface area contributed by atoms with Crippen LogP contribution in [0.25, 0.3) is 0 Å². The first-order valence-electron chi connectivity index (χ1n) is 10.7. The molecule has 0 spiro atoms. The number of ether oxygens (including phenoxy) is 1. The van der Waals surface area contributed by atoms with Gasteiger partial charge in [0, 0.05) is 50.2 Å². The minimum Gasteiger partial charge on any atom is -0.497 e. The highest BCUT2D eigenvalue weighted by molar-refractivity contribution is 5.92. The fraction of sp³-hybridized carbons (Fsp3) is 0.435. The van der Waals surface area contributed by atoms with Gasteiger partial charge in [0.05, 0.1) is 12.7 Å². The highest BCUT2D eigenvalue weighted by Crippen LogP contribution is 2.31. The predicted molar refractivity (Wildman–Crippen MR) is 122 cm³/mol. The van der Waals surface area contributed by atoms with Gasteiger partial charge in [-0.15, -0.1) is 0 Å². The third-order valence-electron chi connectivity index (χ3n) is 5.42. The second kappa shape index (κ2) is 11.1. The maximum atomic E-state index is 12.9. The molecule has 0 aromatic heterocycles. The van der Waals surface area contributed by atoms with E-state index in [-0.39, 0.29) is 0 Å². The second-order valence-corrected chi connectivity index (χ2v) is 7.71. The van der Waals surface area contributed by atoms with E-state index in [9.17, 15) is 13.2 Å². The minimum absolute atomic E-state index is 0.368. The van der Waals surface area contributed by atoms with E-state index in [1.165, 1.54) is 12.1 Å². The van der Waals surface area contributed by atoms with Gasteiger partial charge in [-0.25, -0.2) is 0 Å². The Morgan fingerprint density at radius 2 is 1.81 bits per heavy atom. The molecule has 1 aliphatic rings. The number of benzene rings is 2. The topological polar surface area (TPSA) is 66.1 Å². The van der Waals surface area contributed by atoms with Crippen molar-refractivity contribution in [3.63, 3.8) is 0 Å². The molecule has 0 saturated carbocycles. The molecular weight excluding hydrogens is 419 g/mol. The molecule has 0 amide bonds. The Bertz CT molecular complexity index is 895. The first-order valence-corrected chi connectivity index (χ1v) is 10.7. The normalized spacial score (nSPS) is 15.6. The summed E-state index contributed by atoms with van der Waals surface area (Å²) in [4.78, 5) is 8.72.